The summed E-state index contributed by atoms with van der Waals surface area (Å²) in [5, 5.41) is 23.1. The van der Waals surface area contributed by atoms with Crippen molar-refractivity contribution < 1.29 is 19.7 Å². The molecule has 0 saturated carbocycles. The number of rotatable bonds is 4. The number of hydrogen-bond donors (Lipinski definition) is 3. The summed E-state index contributed by atoms with van der Waals surface area (Å²) in [5.74, 6) is 2.07. The largest absolute Gasteiger partial charge is 0.486 e. The van der Waals surface area contributed by atoms with Crippen LogP contribution in [0, 0.1) is 0 Å². The molecule has 1 aromatic heterocycles. The Morgan fingerprint density at radius 2 is 2.00 bits per heavy atom. The van der Waals surface area contributed by atoms with Crippen LogP contribution in [0.4, 0.5) is 5.82 Å². The number of aliphatic hydroxyl groups excluding tert-OH is 2. The summed E-state index contributed by atoms with van der Waals surface area (Å²) in [7, 11) is 0. The molecule has 2 heterocycles. The molecule has 6 nitrogen and oxygen atoms in total. The molecule has 0 radical (unpaired) electrons. The van der Waals surface area contributed by atoms with Crippen molar-refractivity contribution in [3.63, 3.8) is 0 Å². The first-order valence-corrected chi connectivity index (χ1v) is 6.49. The molecule has 3 N–H and O–H groups in total. The highest BCUT2D eigenvalue weighted by Crippen LogP contribution is 2.36. The Morgan fingerprint density at radius 1 is 1.25 bits per heavy atom. The zero-order valence-corrected chi connectivity index (χ0v) is 10.9. The van der Waals surface area contributed by atoms with Crippen LogP contribution in [0.5, 0.6) is 11.5 Å². The Balaban J connectivity index is 1.96. The summed E-state index contributed by atoms with van der Waals surface area (Å²) < 4.78 is 11.1. The lowest BCUT2D eigenvalue weighted by molar-refractivity contribution is 0.105. The summed E-state index contributed by atoms with van der Waals surface area (Å²) >= 11 is 0. The van der Waals surface area contributed by atoms with Gasteiger partial charge in [-0.25, -0.2) is 4.98 Å². The minimum Gasteiger partial charge on any atom is -0.486 e. The maximum atomic E-state index is 9.40. The maximum absolute atomic E-state index is 9.40. The number of anilines is 1. The zero-order valence-electron chi connectivity index (χ0n) is 10.9. The van der Waals surface area contributed by atoms with Gasteiger partial charge in [0.2, 0.25) is 0 Å². The van der Waals surface area contributed by atoms with Crippen LogP contribution in [-0.2, 0) is 0 Å². The fourth-order valence-electron chi connectivity index (χ4n) is 2.13. The fraction of sp³-hybridized carbons (Fsp3) is 0.357. The predicted molar refractivity (Wildman–Crippen MR) is 74.3 cm³/mol. The van der Waals surface area contributed by atoms with Crippen molar-refractivity contribution in [3.05, 3.63) is 24.4 Å². The lowest BCUT2D eigenvalue weighted by atomic mass is 10.1. The van der Waals surface area contributed by atoms with Crippen LogP contribution < -0.4 is 14.8 Å². The first-order valence-electron chi connectivity index (χ1n) is 6.49. The van der Waals surface area contributed by atoms with Crippen LogP contribution >= 0.6 is 0 Å². The van der Waals surface area contributed by atoms with Crippen molar-refractivity contribution in [1.82, 2.24) is 4.98 Å². The summed E-state index contributed by atoms with van der Waals surface area (Å²) in [6.07, 6.45) is 0.871. The Kier molecular flexibility index (Phi) is 3.58. The van der Waals surface area contributed by atoms with Gasteiger partial charge in [-0.1, -0.05) is 0 Å². The van der Waals surface area contributed by atoms with Crippen molar-refractivity contribution in [2.45, 2.75) is 6.10 Å². The molecular weight excluding hydrogens is 260 g/mol. The van der Waals surface area contributed by atoms with Crippen molar-refractivity contribution in [3.8, 4) is 11.5 Å². The average molecular weight is 276 g/mol. The molecule has 0 aliphatic carbocycles. The van der Waals surface area contributed by atoms with Crippen LogP contribution in [0.25, 0.3) is 10.8 Å². The lowest BCUT2D eigenvalue weighted by Gasteiger charge is -2.19. The van der Waals surface area contributed by atoms with E-state index in [1.165, 1.54) is 0 Å². The van der Waals surface area contributed by atoms with Gasteiger partial charge in [-0.05, 0) is 23.6 Å². The smallest absolute Gasteiger partial charge is 0.162 e. The number of nitrogens with one attached hydrogen (secondary N) is 1. The highest BCUT2D eigenvalue weighted by atomic mass is 16.6. The van der Waals surface area contributed by atoms with Crippen LogP contribution in [0.15, 0.2) is 24.4 Å². The summed E-state index contributed by atoms with van der Waals surface area (Å²) in [6, 6.07) is 5.69. The van der Waals surface area contributed by atoms with Crippen molar-refractivity contribution in [1.29, 1.82) is 0 Å². The van der Waals surface area contributed by atoms with E-state index in [0.29, 0.717) is 24.8 Å². The van der Waals surface area contributed by atoms with Gasteiger partial charge in [0.15, 0.2) is 11.5 Å². The monoisotopic (exact) mass is 276 g/mol. The van der Waals surface area contributed by atoms with Gasteiger partial charge in [-0.2, -0.15) is 0 Å². The molecule has 1 atom stereocenters. The van der Waals surface area contributed by atoms with E-state index >= 15 is 0 Å². The number of aliphatic hydroxyl groups is 2. The van der Waals surface area contributed by atoms with E-state index < -0.39 is 6.10 Å². The maximum Gasteiger partial charge on any atom is 0.162 e. The molecule has 0 spiro atoms. The second-order valence-electron chi connectivity index (χ2n) is 4.59. The summed E-state index contributed by atoms with van der Waals surface area (Å²) in [6.45, 7) is 1.03. The molecule has 6 heteroatoms. The molecule has 20 heavy (non-hydrogen) atoms. The number of ether oxygens (including phenoxy) is 2. The Hall–Kier alpha value is -2.05. The van der Waals surface area contributed by atoms with Crippen LogP contribution in [-0.4, -0.2) is 47.7 Å². The van der Waals surface area contributed by atoms with Gasteiger partial charge in [0.05, 0.1) is 12.7 Å². The number of aromatic nitrogens is 1. The third-order valence-electron chi connectivity index (χ3n) is 3.14. The van der Waals surface area contributed by atoms with Gasteiger partial charge in [-0.15, -0.1) is 0 Å². The third-order valence-corrected chi connectivity index (χ3v) is 3.14. The lowest BCUT2D eigenvalue weighted by Crippen LogP contribution is -2.23. The highest BCUT2D eigenvalue weighted by Gasteiger charge is 2.14. The summed E-state index contributed by atoms with van der Waals surface area (Å²) in [4.78, 5) is 4.26. The Labute approximate surface area is 116 Å². The average Bonchev–Trinajstić information content (AvgIpc) is 2.50. The summed E-state index contributed by atoms with van der Waals surface area (Å²) in [5.41, 5.74) is 0. The van der Waals surface area contributed by atoms with Gasteiger partial charge in [0.25, 0.3) is 0 Å². The van der Waals surface area contributed by atoms with Gasteiger partial charge >= 0.3 is 0 Å². The topological polar surface area (TPSA) is 83.8 Å². The minimum atomic E-state index is -0.815. The number of fused-ring (bicyclic) bond motifs is 2. The third kappa shape index (κ3) is 2.48. The minimum absolute atomic E-state index is 0.233. The van der Waals surface area contributed by atoms with Gasteiger partial charge < -0.3 is 25.0 Å². The molecule has 2 aromatic rings. The van der Waals surface area contributed by atoms with Crippen LogP contribution in [0.2, 0.25) is 0 Å². The highest BCUT2D eigenvalue weighted by molar-refractivity contribution is 5.94. The van der Waals surface area contributed by atoms with E-state index in [-0.39, 0.29) is 13.2 Å². The second kappa shape index (κ2) is 5.52. The van der Waals surface area contributed by atoms with Gasteiger partial charge in [-0.3, -0.25) is 0 Å². The number of benzene rings is 1. The molecule has 0 saturated heterocycles. The molecule has 1 aromatic carbocycles. The van der Waals surface area contributed by atoms with E-state index in [4.69, 9.17) is 14.6 Å². The van der Waals surface area contributed by atoms with E-state index in [0.717, 1.165) is 16.5 Å². The molecule has 1 aliphatic heterocycles. The van der Waals surface area contributed by atoms with E-state index in [1.54, 1.807) is 6.20 Å². The Morgan fingerprint density at radius 3 is 2.75 bits per heavy atom. The molecular formula is C14H16N2O4. The van der Waals surface area contributed by atoms with Crippen molar-refractivity contribution in [2.75, 3.05) is 31.7 Å². The molecule has 1 unspecified atom stereocenters. The van der Waals surface area contributed by atoms with Crippen LogP contribution in [0.1, 0.15) is 0 Å². The molecule has 0 bridgehead atoms. The predicted octanol–water partition coefficient (Wildman–Crippen LogP) is 0.771. The van der Waals surface area contributed by atoms with Crippen molar-refractivity contribution in [2.24, 2.45) is 0 Å². The number of hydrogen-bond acceptors (Lipinski definition) is 6. The van der Waals surface area contributed by atoms with Crippen LogP contribution in [0.3, 0.4) is 0 Å². The zero-order chi connectivity index (χ0) is 13.9. The quantitative estimate of drug-likeness (QED) is 0.765. The molecule has 0 amide bonds. The first-order chi connectivity index (χ1) is 9.78. The first kappa shape index (κ1) is 13.0. The standard InChI is InChI=1S/C14H16N2O4/c17-8-10(18)7-16-14-11-6-13-12(19-3-4-20-13)5-9(11)1-2-15-14/h1-2,5-6,10,17-18H,3-4,7-8H2,(H,15,16). The normalized spacial score (nSPS) is 15.1. The van der Waals surface area contributed by atoms with E-state index in [1.807, 2.05) is 18.2 Å². The molecule has 106 valence electrons. The van der Waals surface area contributed by atoms with Crippen molar-refractivity contribution >= 4 is 16.6 Å². The van der Waals surface area contributed by atoms with Gasteiger partial charge in [0.1, 0.15) is 19.0 Å². The van der Waals surface area contributed by atoms with E-state index in [2.05, 4.69) is 10.3 Å². The molecule has 0 fully saturated rings. The van der Waals surface area contributed by atoms with Gasteiger partial charge in [0, 0.05) is 18.1 Å². The number of pyridine rings is 1. The molecule has 3 rings (SSSR count). The SMILES string of the molecule is OCC(O)CNc1nccc2cc3c(cc12)OCCO3. The molecule has 1 aliphatic rings. The fourth-order valence-corrected chi connectivity index (χ4v) is 2.13. The Bertz CT molecular complexity index is 617. The number of nitrogens with zero attached hydrogens (tertiary/aromatic N) is 1. The second-order valence-corrected chi connectivity index (χ2v) is 4.59. The van der Waals surface area contributed by atoms with E-state index in [9.17, 15) is 5.11 Å².